The average molecular weight is 446 g/mol. The molecule has 1 aromatic rings. The van der Waals surface area contributed by atoms with Crippen LogP contribution in [0.1, 0.15) is 44.0 Å². The van der Waals surface area contributed by atoms with Crippen LogP contribution >= 0.6 is 22.6 Å². The van der Waals surface area contributed by atoms with E-state index in [0.717, 1.165) is 0 Å². The monoisotopic (exact) mass is 446 g/mol. The van der Waals surface area contributed by atoms with Gasteiger partial charge in [0.2, 0.25) is 5.91 Å². The molecule has 4 nitrogen and oxygen atoms in total. The van der Waals surface area contributed by atoms with Crippen molar-refractivity contribution in [2.24, 2.45) is 11.8 Å². The van der Waals surface area contributed by atoms with Crippen LogP contribution in [0.15, 0.2) is 18.2 Å². The van der Waals surface area contributed by atoms with Crippen molar-refractivity contribution in [1.82, 2.24) is 10.2 Å². The number of carbonyl (C=O) groups excluding carboxylic acids is 2. The molecule has 2 amide bonds. The first-order valence-corrected chi connectivity index (χ1v) is 9.42. The fourth-order valence-corrected chi connectivity index (χ4v) is 3.39. The van der Waals surface area contributed by atoms with Gasteiger partial charge in [0.1, 0.15) is 5.82 Å². The van der Waals surface area contributed by atoms with Crippen LogP contribution in [0.5, 0.6) is 0 Å². The van der Waals surface area contributed by atoms with E-state index in [0.29, 0.717) is 41.0 Å². The zero-order valence-corrected chi connectivity index (χ0v) is 16.5. The van der Waals surface area contributed by atoms with Crippen molar-refractivity contribution >= 4 is 34.4 Å². The van der Waals surface area contributed by atoms with Gasteiger partial charge in [0.25, 0.3) is 5.91 Å². The molecule has 1 aliphatic rings. The SMILES string of the molecule is CC(C)C(C)NC(=O)C1CCN(C(=O)c2ccc(F)cc2I)CC1. The van der Waals surface area contributed by atoms with E-state index in [2.05, 4.69) is 19.2 Å². The molecule has 2 rings (SSSR count). The predicted molar refractivity (Wildman–Crippen MR) is 100 cm³/mol. The molecule has 1 heterocycles. The summed E-state index contributed by atoms with van der Waals surface area (Å²) in [5.74, 6) is 0.0118. The summed E-state index contributed by atoms with van der Waals surface area (Å²) in [6.45, 7) is 7.28. The van der Waals surface area contributed by atoms with Gasteiger partial charge in [-0.05, 0) is 66.5 Å². The van der Waals surface area contributed by atoms with Crippen molar-refractivity contribution in [2.45, 2.75) is 39.7 Å². The minimum absolute atomic E-state index is 0.0393. The van der Waals surface area contributed by atoms with E-state index >= 15 is 0 Å². The van der Waals surface area contributed by atoms with E-state index < -0.39 is 0 Å². The van der Waals surface area contributed by atoms with E-state index in [1.807, 2.05) is 29.5 Å². The number of carbonyl (C=O) groups is 2. The Bertz CT molecular complexity index is 613. The second-order valence-electron chi connectivity index (χ2n) is 6.73. The number of nitrogens with zero attached hydrogens (tertiary/aromatic N) is 1. The van der Waals surface area contributed by atoms with Crippen LogP contribution in [0.3, 0.4) is 0 Å². The number of likely N-dealkylation sites (tertiary alicyclic amines) is 1. The van der Waals surface area contributed by atoms with Crippen LogP contribution in [-0.4, -0.2) is 35.8 Å². The molecule has 132 valence electrons. The molecule has 1 unspecified atom stereocenters. The molecular formula is C18H24FIN2O2. The molecule has 0 saturated carbocycles. The third kappa shape index (κ3) is 4.68. The fourth-order valence-electron chi connectivity index (χ4n) is 2.69. The summed E-state index contributed by atoms with van der Waals surface area (Å²) in [6, 6.07) is 4.35. The van der Waals surface area contributed by atoms with Gasteiger partial charge in [-0.15, -0.1) is 0 Å². The van der Waals surface area contributed by atoms with Gasteiger partial charge in [0.05, 0.1) is 5.56 Å². The van der Waals surface area contributed by atoms with Gasteiger partial charge in [0, 0.05) is 28.6 Å². The second-order valence-corrected chi connectivity index (χ2v) is 7.89. The molecule has 1 fully saturated rings. The van der Waals surface area contributed by atoms with Crippen LogP contribution in [-0.2, 0) is 4.79 Å². The van der Waals surface area contributed by atoms with Crippen LogP contribution in [0.25, 0.3) is 0 Å². The lowest BCUT2D eigenvalue weighted by Gasteiger charge is -2.32. The van der Waals surface area contributed by atoms with Gasteiger partial charge < -0.3 is 10.2 Å². The van der Waals surface area contributed by atoms with Crippen LogP contribution in [0, 0.1) is 21.2 Å². The maximum Gasteiger partial charge on any atom is 0.254 e. The number of rotatable bonds is 4. The summed E-state index contributed by atoms with van der Waals surface area (Å²) in [5.41, 5.74) is 0.522. The highest BCUT2D eigenvalue weighted by atomic mass is 127. The molecule has 1 aliphatic heterocycles. The number of nitrogens with one attached hydrogen (secondary N) is 1. The Labute approximate surface area is 156 Å². The number of benzene rings is 1. The van der Waals surface area contributed by atoms with Crippen molar-refractivity contribution in [3.05, 3.63) is 33.1 Å². The molecule has 1 aromatic carbocycles. The van der Waals surface area contributed by atoms with Gasteiger partial charge in [-0.25, -0.2) is 4.39 Å². The van der Waals surface area contributed by atoms with Crippen molar-refractivity contribution in [1.29, 1.82) is 0 Å². The third-order valence-electron chi connectivity index (χ3n) is 4.68. The highest BCUT2D eigenvalue weighted by molar-refractivity contribution is 14.1. The molecule has 0 spiro atoms. The Hall–Kier alpha value is -1.18. The first kappa shape index (κ1) is 19.1. The lowest BCUT2D eigenvalue weighted by atomic mass is 9.94. The van der Waals surface area contributed by atoms with E-state index in [-0.39, 0.29) is 29.6 Å². The summed E-state index contributed by atoms with van der Waals surface area (Å²) in [7, 11) is 0. The average Bonchev–Trinajstić information content (AvgIpc) is 2.54. The minimum atomic E-state index is -0.342. The molecule has 24 heavy (non-hydrogen) atoms. The van der Waals surface area contributed by atoms with Crippen molar-refractivity contribution in [3.8, 4) is 0 Å². The van der Waals surface area contributed by atoms with Gasteiger partial charge in [0.15, 0.2) is 0 Å². The second kappa shape index (κ2) is 8.27. The van der Waals surface area contributed by atoms with E-state index in [4.69, 9.17) is 0 Å². The zero-order chi connectivity index (χ0) is 17.9. The Morgan fingerprint density at radius 1 is 1.25 bits per heavy atom. The zero-order valence-electron chi connectivity index (χ0n) is 14.3. The topological polar surface area (TPSA) is 49.4 Å². The van der Waals surface area contributed by atoms with E-state index in [1.165, 1.54) is 18.2 Å². The van der Waals surface area contributed by atoms with Crippen LogP contribution < -0.4 is 5.32 Å². The van der Waals surface area contributed by atoms with Crippen LogP contribution in [0.4, 0.5) is 4.39 Å². The molecule has 6 heteroatoms. The molecule has 1 N–H and O–H groups in total. The Balaban J connectivity index is 1.92. The summed E-state index contributed by atoms with van der Waals surface area (Å²) in [4.78, 5) is 26.6. The Morgan fingerprint density at radius 3 is 2.42 bits per heavy atom. The Morgan fingerprint density at radius 2 is 1.88 bits per heavy atom. The smallest absolute Gasteiger partial charge is 0.254 e. The number of piperidine rings is 1. The van der Waals surface area contributed by atoms with Gasteiger partial charge in [-0.3, -0.25) is 9.59 Å². The number of hydrogen-bond acceptors (Lipinski definition) is 2. The Kier molecular flexibility index (Phi) is 6.60. The molecule has 1 atom stereocenters. The maximum atomic E-state index is 13.2. The third-order valence-corrected chi connectivity index (χ3v) is 5.58. The van der Waals surface area contributed by atoms with E-state index in [9.17, 15) is 14.0 Å². The van der Waals surface area contributed by atoms with Crippen LogP contribution in [0.2, 0.25) is 0 Å². The molecular weight excluding hydrogens is 422 g/mol. The number of hydrogen-bond donors (Lipinski definition) is 1. The lowest BCUT2D eigenvalue weighted by molar-refractivity contribution is -0.127. The first-order chi connectivity index (χ1) is 11.3. The largest absolute Gasteiger partial charge is 0.353 e. The lowest BCUT2D eigenvalue weighted by Crippen LogP contribution is -2.45. The normalized spacial score (nSPS) is 17.0. The standard InChI is InChI=1S/C18H24FIN2O2/c1-11(2)12(3)21-17(23)13-6-8-22(9-7-13)18(24)15-5-4-14(19)10-16(15)20/h4-5,10-13H,6-9H2,1-3H3,(H,21,23). The van der Waals surface area contributed by atoms with Crippen molar-refractivity contribution in [2.75, 3.05) is 13.1 Å². The molecule has 0 radical (unpaired) electrons. The molecule has 0 aromatic heterocycles. The maximum absolute atomic E-state index is 13.2. The number of amides is 2. The quantitative estimate of drug-likeness (QED) is 0.721. The fraction of sp³-hybridized carbons (Fsp3) is 0.556. The first-order valence-electron chi connectivity index (χ1n) is 8.34. The van der Waals surface area contributed by atoms with E-state index in [1.54, 1.807) is 4.90 Å². The minimum Gasteiger partial charge on any atom is -0.353 e. The summed E-state index contributed by atoms with van der Waals surface area (Å²) in [5, 5.41) is 3.05. The van der Waals surface area contributed by atoms with Crippen molar-refractivity contribution in [3.63, 3.8) is 0 Å². The summed E-state index contributed by atoms with van der Waals surface area (Å²) in [6.07, 6.45) is 1.33. The van der Waals surface area contributed by atoms with Gasteiger partial charge >= 0.3 is 0 Å². The summed E-state index contributed by atoms with van der Waals surface area (Å²) < 4.78 is 13.8. The molecule has 1 saturated heterocycles. The molecule has 0 bridgehead atoms. The van der Waals surface area contributed by atoms with Gasteiger partial charge in [-0.1, -0.05) is 13.8 Å². The highest BCUT2D eigenvalue weighted by Crippen LogP contribution is 2.22. The number of halogens is 2. The highest BCUT2D eigenvalue weighted by Gasteiger charge is 2.29. The predicted octanol–water partition coefficient (Wildman–Crippen LogP) is 3.44. The molecule has 0 aliphatic carbocycles. The van der Waals surface area contributed by atoms with Gasteiger partial charge in [-0.2, -0.15) is 0 Å². The van der Waals surface area contributed by atoms with Crippen molar-refractivity contribution < 1.29 is 14.0 Å². The summed E-state index contributed by atoms with van der Waals surface area (Å²) >= 11 is 1.98.